The summed E-state index contributed by atoms with van der Waals surface area (Å²) in [5, 5.41) is 11.8. The van der Waals surface area contributed by atoms with Crippen molar-refractivity contribution < 1.29 is 19.1 Å². The van der Waals surface area contributed by atoms with Crippen LogP contribution in [0.4, 0.5) is 4.39 Å². The van der Waals surface area contributed by atoms with E-state index in [1.807, 2.05) is 13.8 Å². The van der Waals surface area contributed by atoms with E-state index in [0.29, 0.717) is 19.4 Å². The second-order valence-electron chi connectivity index (χ2n) is 6.24. The molecule has 0 aromatic heterocycles. The topological polar surface area (TPSA) is 66.4 Å². The highest BCUT2D eigenvalue weighted by molar-refractivity contribution is 5.86. The molecule has 2 unspecified atom stereocenters. The lowest BCUT2D eigenvalue weighted by Crippen LogP contribution is -2.47. The molecule has 114 valence electrons. The summed E-state index contributed by atoms with van der Waals surface area (Å²) < 4.78 is 12.9. The first-order valence-corrected chi connectivity index (χ1v) is 7.08. The zero-order chi connectivity index (χ0) is 15.6. The van der Waals surface area contributed by atoms with Crippen LogP contribution in [0.1, 0.15) is 32.3 Å². The predicted octanol–water partition coefficient (Wildman–Crippen LogP) is 2.33. The summed E-state index contributed by atoms with van der Waals surface area (Å²) in [4.78, 5) is 23.0. The highest BCUT2D eigenvalue weighted by Crippen LogP contribution is 2.34. The molecule has 2 N–H and O–H groups in total. The van der Waals surface area contributed by atoms with Crippen molar-refractivity contribution in [3.63, 3.8) is 0 Å². The lowest BCUT2D eigenvalue weighted by molar-refractivity contribution is -0.152. The summed E-state index contributed by atoms with van der Waals surface area (Å²) in [7, 11) is 0. The summed E-state index contributed by atoms with van der Waals surface area (Å²) in [6, 6.07) is 6.19. The first-order valence-electron chi connectivity index (χ1n) is 7.08. The number of carbonyl (C=O) groups excluding carboxylic acids is 1. The quantitative estimate of drug-likeness (QED) is 0.875. The van der Waals surface area contributed by atoms with Gasteiger partial charge in [0.2, 0.25) is 5.91 Å². The van der Waals surface area contributed by atoms with Crippen LogP contribution in [-0.4, -0.2) is 23.5 Å². The Balaban J connectivity index is 1.94. The van der Waals surface area contributed by atoms with Crippen LogP contribution in [0.25, 0.3) is 0 Å². The third kappa shape index (κ3) is 3.40. The summed E-state index contributed by atoms with van der Waals surface area (Å²) >= 11 is 0. The fraction of sp³-hybridized carbons (Fsp3) is 0.500. The molecule has 0 spiro atoms. The number of carboxylic acids is 1. The molecule has 1 saturated carbocycles. The second-order valence-corrected chi connectivity index (χ2v) is 6.24. The van der Waals surface area contributed by atoms with E-state index in [1.54, 1.807) is 12.1 Å². The van der Waals surface area contributed by atoms with Gasteiger partial charge in [0.25, 0.3) is 0 Å². The van der Waals surface area contributed by atoms with Crippen molar-refractivity contribution in [1.29, 1.82) is 0 Å². The van der Waals surface area contributed by atoms with Crippen LogP contribution in [0.3, 0.4) is 0 Å². The number of carbonyl (C=O) groups is 2. The Morgan fingerprint density at radius 1 is 1.24 bits per heavy atom. The molecule has 21 heavy (non-hydrogen) atoms. The monoisotopic (exact) mass is 293 g/mol. The molecule has 1 aromatic carbocycles. The Kier molecular flexibility index (Phi) is 4.30. The van der Waals surface area contributed by atoms with Gasteiger partial charge in [-0.3, -0.25) is 9.59 Å². The maximum atomic E-state index is 12.9. The summed E-state index contributed by atoms with van der Waals surface area (Å²) in [6.07, 6.45) is 1.19. The maximum Gasteiger partial charge on any atom is 0.307 e. The van der Waals surface area contributed by atoms with Crippen LogP contribution in [0, 0.1) is 17.7 Å². The Hall–Kier alpha value is -1.91. The zero-order valence-electron chi connectivity index (χ0n) is 12.2. The molecule has 0 radical (unpaired) electrons. The molecule has 0 heterocycles. The van der Waals surface area contributed by atoms with E-state index in [-0.39, 0.29) is 17.1 Å². The minimum atomic E-state index is -0.904. The molecule has 4 nitrogen and oxygen atoms in total. The van der Waals surface area contributed by atoms with Gasteiger partial charge in [-0.05, 0) is 30.5 Å². The van der Waals surface area contributed by atoms with Crippen molar-refractivity contribution in [2.45, 2.75) is 32.1 Å². The molecule has 5 heteroatoms. The minimum Gasteiger partial charge on any atom is -0.481 e. The molecule has 0 bridgehead atoms. The van der Waals surface area contributed by atoms with E-state index in [0.717, 1.165) is 5.56 Å². The normalized spacial score (nSPS) is 21.5. The van der Waals surface area contributed by atoms with E-state index in [1.165, 1.54) is 12.1 Å². The molecule has 0 aliphatic heterocycles. The van der Waals surface area contributed by atoms with E-state index >= 15 is 0 Å². The first-order chi connectivity index (χ1) is 9.81. The lowest BCUT2D eigenvalue weighted by Gasteiger charge is -2.33. The van der Waals surface area contributed by atoms with Gasteiger partial charge < -0.3 is 10.4 Å². The van der Waals surface area contributed by atoms with Gasteiger partial charge in [0.05, 0.1) is 11.8 Å². The SMILES string of the molecule is CC(C)(CNC(=O)C1CCC1C(=O)O)c1ccc(F)cc1. The zero-order valence-corrected chi connectivity index (χ0v) is 12.2. The van der Waals surface area contributed by atoms with Gasteiger partial charge in [-0.15, -0.1) is 0 Å². The fourth-order valence-corrected chi connectivity index (χ4v) is 2.55. The van der Waals surface area contributed by atoms with Gasteiger partial charge >= 0.3 is 5.97 Å². The molecule has 1 aliphatic carbocycles. The summed E-state index contributed by atoms with van der Waals surface area (Å²) in [6.45, 7) is 4.30. The van der Waals surface area contributed by atoms with Gasteiger partial charge in [-0.2, -0.15) is 0 Å². The van der Waals surface area contributed by atoms with Gasteiger partial charge in [0, 0.05) is 12.0 Å². The highest BCUT2D eigenvalue weighted by Gasteiger charge is 2.41. The third-order valence-corrected chi connectivity index (χ3v) is 4.26. The van der Waals surface area contributed by atoms with Crippen molar-refractivity contribution >= 4 is 11.9 Å². The Labute approximate surface area is 123 Å². The fourth-order valence-electron chi connectivity index (χ4n) is 2.55. The highest BCUT2D eigenvalue weighted by atomic mass is 19.1. The van der Waals surface area contributed by atoms with E-state index in [2.05, 4.69) is 5.32 Å². The van der Waals surface area contributed by atoms with Gasteiger partial charge in [-0.1, -0.05) is 26.0 Å². The van der Waals surface area contributed by atoms with Crippen molar-refractivity contribution in [3.8, 4) is 0 Å². The Bertz CT molecular complexity index is 539. The van der Waals surface area contributed by atoms with Gasteiger partial charge in [0.1, 0.15) is 5.82 Å². The molecular weight excluding hydrogens is 273 g/mol. The number of hydrogen-bond donors (Lipinski definition) is 2. The second kappa shape index (κ2) is 5.84. The maximum absolute atomic E-state index is 12.9. The molecule has 0 saturated heterocycles. The largest absolute Gasteiger partial charge is 0.481 e. The summed E-state index contributed by atoms with van der Waals surface area (Å²) in [5.41, 5.74) is 0.582. The lowest BCUT2D eigenvalue weighted by atomic mass is 9.73. The average molecular weight is 293 g/mol. The molecule has 2 atom stereocenters. The molecule has 1 amide bonds. The number of carboxylic acid groups (broad SMARTS) is 1. The van der Waals surface area contributed by atoms with Crippen LogP contribution in [0.15, 0.2) is 24.3 Å². The van der Waals surface area contributed by atoms with Crippen LogP contribution in [-0.2, 0) is 15.0 Å². The van der Waals surface area contributed by atoms with Crippen molar-refractivity contribution in [3.05, 3.63) is 35.6 Å². The van der Waals surface area contributed by atoms with Crippen LogP contribution in [0.5, 0.6) is 0 Å². The number of rotatable bonds is 5. The van der Waals surface area contributed by atoms with Crippen molar-refractivity contribution in [2.24, 2.45) is 11.8 Å². The van der Waals surface area contributed by atoms with Crippen LogP contribution >= 0.6 is 0 Å². The molecule has 1 aromatic rings. The number of hydrogen-bond acceptors (Lipinski definition) is 2. The molecule has 1 fully saturated rings. The van der Waals surface area contributed by atoms with Crippen LogP contribution < -0.4 is 5.32 Å². The molecule has 2 rings (SSSR count). The number of aliphatic carboxylic acids is 1. The van der Waals surface area contributed by atoms with Crippen molar-refractivity contribution in [2.75, 3.05) is 6.54 Å². The molecular formula is C16H20FNO3. The minimum absolute atomic E-state index is 0.205. The Morgan fingerprint density at radius 3 is 2.29 bits per heavy atom. The van der Waals surface area contributed by atoms with E-state index in [4.69, 9.17) is 5.11 Å². The van der Waals surface area contributed by atoms with Gasteiger partial charge in [0.15, 0.2) is 0 Å². The summed E-state index contributed by atoms with van der Waals surface area (Å²) in [5.74, 6) is -2.38. The number of nitrogens with one attached hydrogen (secondary N) is 1. The first kappa shape index (κ1) is 15.5. The average Bonchev–Trinajstić information content (AvgIpc) is 2.35. The van der Waals surface area contributed by atoms with Gasteiger partial charge in [-0.25, -0.2) is 4.39 Å². The van der Waals surface area contributed by atoms with E-state index in [9.17, 15) is 14.0 Å². The number of benzene rings is 1. The number of halogens is 1. The Morgan fingerprint density at radius 2 is 1.81 bits per heavy atom. The standard InChI is InChI=1S/C16H20FNO3/c1-16(2,10-3-5-11(17)6-4-10)9-18-14(19)12-7-8-13(12)15(20)21/h3-6,12-13H,7-9H2,1-2H3,(H,18,19)(H,20,21). The number of amides is 1. The smallest absolute Gasteiger partial charge is 0.307 e. The predicted molar refractivity (Wildman–Crippen MR) is 76.3 cm³/mol. The molecule has 1 aliphatic rings. The van der Waals surface area contributed by atoms with Crippen LogP contribution in [0.2, 0.25) is 0 Å². The third-order valence-electron chi connectivity index (χ3n) is 4.26. The van der Waals surface area contributed by atoms with Crippen molar-refractivity contribution in [1.82, 2.24) is 5.32 Å². The van der Waals surface area contributed by atoms with E-state index < -0.39 is 17.8 Å².